The van der Waals surface area contributed by atoms with Gasteiger partial charge in [0.25, 0.3) is 5.91 Å². The summed E-state index contributed by atoms with van der Waals surface area (Å²) >= 11 is 9.31. The van der Waals surface area contributed by atoms with Crippen molar-refractivity contribution in [2.45, 2.75) is 6.92 Å². The molecule has 0 spiro atoms. The number of amides is 1. The molecule has 0 atom stereocenters. The average Bonchev–Trinajstić information content (AvgIpc) is 3.11. The smallest absolute Gasteiger partial charge is 0.266 e. The molecule has 4 nitrogen and oxygen atoms in total. The van der Waals surface area contributed by atoms with Gasteiger partial charge in [-0.2, -0.15) is 5.26 Å². The number of hydrogen-bond donors (Lipinski definition) is 1. The van der Waals surface area contributed by atoms with Gasteiger partial charge in [0.2, 0.25) is 0 Å². The molecule has 134 valence electrons. The minimum Gasteiger partial charge on any atom is -0.457 e. The first kappa shape index (κ1) is 19.0. The molecule has 0 aliphatic rings. The average molecular weight is 442 g/mol. The van der Waals surface area contributed by atoms with E-state index >= 15 is 0 Å². The van der Waals surface area contributed by atoms with Crippen LogP contribution >= 0.6 is 27.5 Å². The predicted molar refractivity (Wildman–Crippen MR) is 110 cm³/mol. The van der Waals surface area contributed by atoms with Crippen molar-refractivity contribution in [2.24, 2.45) is 0 Å². The van der Waals surface area contributed by atoms with Crippen LogP contribution in [0.2, 0.25) is 5.02 Å². The van der Waals surface area contributed by atoms with E-state index in [1.165, 1.54) is 6.08 Å². The molecule has 6 heteroatoms. The van der Waals surface area contributed by atoms with Crippen LogP contribution in [0.1, 0.15) is 11.3 Å². The van der Waals surface area contributed by atoms with Crippen molar-refractivity contribution in [1.29, 1.82) is 5.26 Å². The topological polar surface area (TPSA) is 66.0 Å². The number of carbonyl (C=O) groups is 1. The van der Waals surface area contributed by atoms with Gasteiger partial charge < -0.3 is 9.73 Å². The van der Waals surface area contributed by atoms with E-state index in [4.69, 9.17) is 16.0 Å². The van der Waals surface area contributed by atoms with E-state index in [-0.39, 0.29) is 5.57 Å². The van der Waals surface area contributed by atoms with Gasteiger partial charge in [-0.3, -0.25) is 4.79 Å². The molecule has 3 rings (SSSR count). The highest BCUT2D eigenvalue weighted by Crippen LogP contribution is 2.25. The Hall–Kier alpha value is -2.81. The second-order valence-corrected chi connectivity index (χ2v) is 7.14. The molecule has 0 bridgehead atoms. The molecule has 0 radical (unpaired) electrons. The maximum Gasteiger partial charge on any atom is 0.266 e. The molecule has 1 amide bonds. The Labute approximate surface area is 170 Å². The Morgan fingerprint density at radius 3 is 2.59 bits per heavy atom. The number of nitriles is 1. The van der Waals surface area contributed by atoms with Crippen LogP contribution in [0, 0.1) is 18.3 Å². The second kappa shape index (κ2) is 8.26. The highest BCUT2D eigenvalue weighted by Gasteiger charge is 2.12. The minimum atomic E-state index is -0.510. The van der Waals surface area contributed by atoms with Crippen LogP contribution in [0.4, 0.5) is 5.69 Å². The minimum absolute atomic E-state index is 0.0546. The number of halogens is 2. The van der Waals surface area contributed by atoms with E-state index < -0.39 is 5.91 Å². The number of nitrogens with zero attached hydrogens (tertiary/aromatic N) is 1. The summed E-state index contributed by atoms with van der Waals surface area (Å²) in [5, 5.41) is 12.7. The molecule has 0 saturated carbocycles. The van der Waals surface area contributed by atoms with Gasteiger partial charge in [-0.15, -0.1) is 0 Å². The van der Waals surface area contributed by atoms with Crippen molar-refractivity contribution in [3.8, 4) is 17.4 Å². The number of nitrogens with one attached hydrogen (secondary N) is 1. The van der Waals surface area contributed by atoms with Crippen molar-refractivity contribution in [3.05, 3.63) is 81.0 Å². The first-order valence-electron chi connectivity index (χ1n) is 8.01. The van der Waals surface area contributed by atoms with Gasteiger partial charge in [0.05, 0.1) is 0 Å². The van der Waals surface area contributed by atoms with Gasteiger partial charge in [0.1, 0.15) is 23.2 Å². The number of hydrogen-bond acceptors (Lipinski definition) is 3. The summed E-state index contributed by atoms with van der Waals surface area (Å²) in [6, 6.07) is 18.2. The zero-order valence-electron chi connectivity index (χ0n) is 14.3. The Kier molecular flexibility index (Phi) is 5.80. The molecule has 1 aromatic heterocycles. The predicted octanol–water partition coefficient (Wildman–Crippen LogP) is 6.22. The molecule has 3 aromatic rings. The first-order valence-corrected chi connectivity index (χ1v) is 9.18. The number of benzene rings is 2. The summed E-state index contributed by atoms with van der Waals surface area (Å²) in [7, 11) is 0. The Morgan fingerprint density at radius 1 is 1.19 bits per heavy atom. The molecule has 1 N–H and O–H groups in total. The van der Waals surface area contributed by atoms with Crippen molar-refractivity contribution in [3.63, 3.8) is 0 Å². The SMILES string of the molecule is Cc1cc(Cl)ccc1NC(=O)/C(C#N)=C/c1ccc(-c2ccc(Br)cc2)o1. The normalized spacial score (nSPS) is 11.1. The van der Waals surface area contributed by atoms with Crippen LogP contribution in [0.3, 0.4) is 0 Å². The van der Waals surface area contributed by atoms with E-state index in [1.54, 1.807) is 30.3 Å². The molecule has 27 heavy (non-hydrogen) atoms. The number of aryl methyl sites for hydroxylation is 1. The van der Waals surface area contributed by atoms with Crippen LogP contribution in [0.15, 0.2) is 69.1 Å². The van der Waals surface area contributed by atoms with Crippen LogP contribution in [-0.2, 0) is 4.79 Å². The lowest BCUT2D eigenvalue weighted by Gasteiger charge is -2.07. The zero-order chi connectivity index (χ0) is 19.4. The lowest BCUT2D eigenvalue weighted by atomic mass is 10.1. The summed E-state index contributed by atoms with van der Waals surface area (Å²) in [4.78, 5) is 12.4. The molecule has 0 saturated heterocycles. The van der Waals surface area contributed by atoms with Crippen LogP contribution in [0.25, 0.3) is 17.4 Å². The molecule has 0 aliphatic heterocycles. The van der Waals surface area contributed by atoms with Crippen molar-refractivity contribution in [2.75, 3.05) is 5.32 Å². The maximum absolute atomic E-state index is 12.4. The Morgan fingerprint density at radius 2 is 1.93 bits per heavy atom. The van der Waals surface area contributed by atoms with E-state index in [9.17, 15) is 10.1 Å². The number of furan rings is 1. The largest absolute Gasteiger partial charge is 0.457 e. The van der Waals surface area contributed by atoms with E-state index in [0.717, 1.165) is 15.6 Å². The molecule has 1 heterocycles. The van der Waals surface area contributed by atoms with Crippen LogP contribution < -0.4 is 5.32 Å². The lowest BCUT2D eigenvalue weighted by molar-refractivity contribution is -0.112. The van der Waals surface area contributed by atoms with Crippen molar-refractivity contribution in [1.82, 2.24) is 0 Å². The van der Waals surface area contributed by atoms with Gasteiger partial charge in [-0.1, -0.05) is 39.7 Å². The quantitative estimate of drug-likeness (QED) is 0.386. The second-order valence-electron chi connectivity index (χ2n) is 5.79. The molecular formula is C21H14BrClN2O2. The Bertz CT molecular complexity index is 1060. The monoisotopic (exact) mass is 440 g/mol. The zero-order valence-corrected chi connectivity index (χ0v) is 16.6. The fraction of sp³-hybridized carbons (Fsp3) is 0.0476. The molecular weight excluding hydrogens is 428 g/mol. The summed E-state index contributed by atoms with van der Waals surface area (Å²) < 4.78 is 6.71. The van der Waals surface area contributed by atoms with Crippen LogP contribution in [-0.4, -0.2) is 5.91 Å². The first-order chi connectivity index (χ1) is 13.0. The number of carbonyl (C=O) groups excluding carboxylic acids is 1. The van der Waals surface area contributed by atoms with Crippen LogP contribution in [0.5, 0.6) is 0 Å². The molecule has 0 fully saturated rings. The summed E-state index contributed by atoms with van der Waals surface area (Å²) in [5.74, 6) is 0.567. The van der Waals surface area contributed by atoms with Crippen molar-refractivity contribution >= 4 is 45.2 Å². The summed E-state index contributed by atoms with van der Waals surface area (Å²) in [6.45, 7) is 1.83. The van der Waals surface area contributed by atoms with Crippen molar-refractivity contribution < 1.29 is 9.21 Å². The van der Waals surface area contributed by atoms with Gasteiger partial charge in [-0.25, -0.2) is 0 Å². The third kappa shape index (κ3) is 4.68. The fourth-order valence-corrected chi connectivity index (χ4v) is 2.94. The number of anilines is 1. The number of rotatable bonds is 4. The van der Waals surface area contributed by atoms with E-state index in [2.05, 4.69) is 21.2 Å². The third-order valence-electron chi connectivity index (χ3n) is 3.84. The highest BCUT2D eigenvalue weighted by atomic mass is 79.9. The van der Waals surface area contributed by atoms with E-state index in [0.29, 0.717) is 22.2 Å². The van der Waals surface area contributed by atoms with E-state index in [1.807, 2.05) is 37.3 Å². The van der Waals surface area contributed by atoms with Gasteiger partial charge in [0, 0.05) is 26.8 Å². The lowest BCUT2D eigenvalue weighted by Crippen LogP contribution is -2.14. The summed E-state index contributed by atoms with van der Waals surface area (Å²) in [5.41, 5.74) is 2.25. The highest BCUT2D eigenvalue weighted by molar-refractivity contribution is 9.10. The Balaban J connectivity index is 1.81. The standard InChI is InChI=1S/C21H14BrClN2O2/c1-13-10-17(23)6-8-19(13)25-21(26)15(12-24)11-18-7-9-20(27-18)14-2-4-16(22)5-3-14/h2-11H,1H3,(H,25,26)/b15-11+. The molecule has 0 aliphatic carbocycles. The fourth-order valence-electron chi connectivity index (χ4n) is 2.45. The van der Waals surface area contributed by atoms with Gasteiger partial charge >= 0.3 is 0 Å². The molecule has 2 aromatic carbocycles. The maximum atomic E-state index is 12.4. The molecule has 0 unspecified atom stereocenters. The van der Waals surface area contributed by atoms with Gasteiger partial charge in [0.15, 0.2) is 0 Å². The third-order valence-corrected chi connectivity index (χ3v) is 4.61. The van der Waals surface area contributed by atoms with Gasteiger partial charge in [-0.05, 0) is 55.0 Å². The summed E-state index contributed by atoms with van der Waals surface area (Å²) in [6.07, 6.45) is 1.42.